The molecule has 0 spiro atoms. The number of esters is 3. The van der Waals surface area contributed by atoms with Gasteiger partial charge in [-0.3, -0.25) is 19.2 Å². The number of carbonyl (C=O) groups excluding carboxylic acids is 9. The zero-order chi connectivity index (χ0) is 76.8. The van der Waals surface area contributed by atoms with Crippen LogP contribution in [0.3, 0.4) is 0 Å². The van der Waals surface area contributed by atoms with Gasteiger partial charge in [0, 0.05) is 70.5 Å². The maximum atomic E-state index is 15.5. The molecule has 29 heteroatoms. The van der Waals surface area contributed by atoms with Gasteiger partial charge >= 0.3 is 42.4 Å². The van der Waals surface area contributed by atoms with Crippen molar-refractivity contribution >= 4 is 59.3 Å². The molecular formula is C76H96F3N7O19. The number of Topliss-reactive ketones (excluding diaryl/α,β-unsaturated/α-hetero) is 2. The molecule has 4 amide bonds. The molecule has 3 saturated carbocycles. The molecule has 5 aliphatic carbocycles. The van der Waals surface area contributed by atoms with Crippen LogP contribution in [-0.2, 0) is 60.1 Å². The number of amides is 4. The monoisotopic (exact) mass is 1470 g/mol. The summed E-state index contributed by atoms with van der Waals surface area (Å²) < 4.78 is 86.5. The van der Waals surface area contributed by atoms with Crippen molar-refractivity contribution in [3.8, 4) is 5.69 Å². The molecule has 1 aliphatic heterocycles. The number of alkyl halides is 3. The first kappa shape index (κ1) is 78.7. The van der Waals surface area contributed by atoms with Crippen LogP contribution in [0.15, 0.2) is 90.0 Å². The molecule has 1 saturated heterocycles. The van der Waals surface area contributed by atoms with Crippen LogP contribution in [0.1, 0.15) is 194 Å². The number of nitrogens with zero attached hydrogens (tertiary/aromatic N) is 4. The van der Waals surface area contributed by atoms with E-state index in [1.54, 1.807) is 90.2 Å². The first-order chi connectivity index (χ1) is 49.1. The normalized spacial score (nSPS) is 27.3. The number of ether oxygens (including phenoxy) is 7. The number of benzene rings is 3. The van der Waals surface area contributed by atoms with Crippen LogP contribution >= 0.6 is 0 Å². The van der Waals surface area contributed by atoms with Gasteiger partial charge in [0.1, 0.15) is 47.8 Å². The molecule has 3 aromatic carbocycles. The summed E-state index contributed by atoms with van der Waals surface area (Å²) in [4.78, 5) is 129. The summed E-state index contributed by atoms with van der Waals surface area (Å²) in [6.07, 6.45) is -15.1. The summed E-state index contributed by atoms with van der Waals surface area (Å²) in [5.74, 6) is -7.10. The largest absolute Gasteiger partial charge is 0.455 e. The third-order valence-corrected chi connectivity index (χ3v) is 21.8. The van der Waals surface area contributed by atoms with Crippen molar-refractivity contribution < 1.29 is 105 Å². The average molecular weight is 1470 g/mol. The van der Waals surface area contributed by atoms with E-state index in [0.717, 1.165) is 11.6 Å². The quantitative estimate of drug-likeness (QED) is 0.0195. The number of aliphatic hydroxyl groups excluding tert-OH is 2. The minimum atomic E-state index is -4.89. The average Bonchev–Trinajstić information content (AvgIpc) is 1.10. The van der Waals surface area contributed by atoms with Gasteiger partial charge in [0.05, 0.1) is 52.1 Å². The van der Waals surface area contributed by atoms with Crippen LogP contribution < -0.4 is 16.4 Å². The fraction of sp³-hybridized carbons (Fsp3) is 0.579. The Labute approximate surface area is 607 Å². The molecule has 2 bridgehead atoms. The second kappa shape index (κ2) is 30.1. The number of hydrogen-bond donors (Lipinski definition) is 6. The topological polar surface area (TPSA) is 353 Å². The van der Waals surface area contributed by atoms with Gasteiger partial charge in [-0.25, -0.2) is 28.7 Å². The van der Waals surface area contributed by atoms with Crippen LogP contribution in [0.5, 0.6) is 0 Å². The molecule has 11 atom stereocenters. The summed E-state index contributed by atoms with van der Waals surface area (Å²) >= 11 is 0. The lowest BCUT2D eigenvalue weighted by atomic mass is 9.44. The van der Waals surface area contributed by atoms with Crippen molar-refractivity contribution in [3.05, 3.63) is 124 Å². The van der Waals surface area contributed by atoms with E-state index >= 15 is 9.59 Å². The highest BCUT2D eigenvalue weighted by Gasteiger charge is 2.78. The minimum Gasteiger partial charge on any atom is -0.455 e. The molecule has 2 heterocycles. The highest BCUT2D eigenvalue weighted by Crippen LogP contribution is 2.64. The van der Waals surface area contributed by atoms with Crippen molar-refractivity contribution in [2.24, 2.45) is 27.9 Å². The van der Waals surface area contributed by atoms with E-state index in [2.05, 4.69) is 15.7 Å². The van der Waals surface area contributed by atoms with Gasteiger partial charge in [0.2, 0.25) is 6.10 Å². The van der Waals surface area contributed by atoms with E-state index in [9.17, 15) is 62.1 Å². The number of aromatic nitrogens is 2. The number of nitrogens with one attached hydrogen (secondary N) is 2. The molecule has 0 radical (unpaired) electrons. The SMILES string of the molecule is CC(=O)O[C@@]12CO[C@@H]1C[C@H](O)[C@@]1(C)C(=O)[C@H](O)C3=C(C)[C@@H](OC(=O)[C@H](OC(=O)N(C)CCCCCCN(C)C(=O)O[C@H]4CC[C@H](Nc5cc(-n6nc(C(F)(F)F)c7c6CC(C)(C)CC7=O)ccc5C(N)=O)CC4)[C@@H](NC(=O)OC(C)(C)C)c4ccccc4)C[C@@](O)([C@@H](OC(=O)c4ccccc4)[C@H]21)C3(C)C. The first-order valence-electron chi connectivity index (χ1n) is 35.5. The molecule has 105 heavy (non-hydrogen) atoms. The number of unbranched alkanes of at least 4 members (excludes halogenated alkanes) is 3. The lowest BCUT2D eigenvalue weighted by molar-refractivity contribution is -0.346. The Balaban J connectivity index is 0.801. The summed E-state index contributed by atoms with van der Waals surface area (Å²) in [5.41, 5.74) is -4.95. The lowest BCUT2D eigenvalue weighted by Crippen LogP contribution is -2.81. The predicted octanol–water partition coefficient (Wildman–Crippen LogP) is 9.85. The molecule has 570 valence electrons. The van der Waals surface area contributed by atoms with Gasteiger partial charge in [-0.15, -0.1) is 0 Å². The van der Waals surface area contributed by atoms with Crippen molar-refractivity contribution in [1.82, 2.24) is 24.9 Å². The van der Waals surface area contributed by atoms with E-state index in [1.807, 2.05) is 0 Å². The zero-order valence-electron chi connectivity index (χ0n) is 61.3. The van der Waals surface area contributed by atoms with Crippen LogP contribution in [0.25, 0.3) is 5.69 Å². The number of anilines is 1. The maximum absolute atomic E-state index is 15.5. The Morgan fingerprint density at radius 1 is 0.819 bits per heavy atom. The predicted molar refractivity (Wildman–Crippen MR) is 371 cm³/mol. The standard InChI is InChI=1S/C76H96F3N7O19/c1-41-52(39-75(98)63(103-65(93)44-25-19-16-20-26-44)60-73(10,62(91)58(90)56(41)72(75,8)9)53(89)36-54-74(60,40-99-54)104-42(2)87)101-66(94)59(57(43-23-17-15-18-24-43)82-67(95)105-70(3,4)5)102-69(97)85(12)34-22-14-13-21-33-84(11)68(96)100-47-30-27-45(28-31-47)81-49-35-46(29-32-48(49)64(80)92)86-50-37-71(6,7)38-51(88)55(50)61(83-86)76(77,78)79/h15-20,23-26,29,32,35,45,47,52-54,57-60,63,81,89-90,98H,13-14,21-22,27-28,30-31,33-34,36-40H2,1-12H3,(H2,80,92)(H,82,95)/t45-,47-,52-,53-,54+,57-,58+,59+,60-,63-,73+,74-,75+/m0/s1. The molecule has 6 aliphatic rings. The zero-order valence-corrected chi connectivity index (χ0v) is 61.3. The molecule has 1 aromatic heterocycles. The number of hydrogen-bond acceptors (Lipinski definition) is 21. The number of primary amides is 1. The Morgan fingerprint density at radius 2 is 1.44 bits per heavy atom. The minimum absolute atomic E-state index is 0.0240. The first-order valence-corrected chi connectivity index (χ1v) is 35.5. The fourth-order valence-corrected chi connectivity index (χ4v) is 16.2. The molecular weight excluding hydrogens is 1370 g/mol. The van der Waals surface area contributed by atoms with Gasteiger partial charge in [-0.2, -0.15) is 18.3 Å². The molecule has 0 unspecified atom stereocenters. The van der Waals surface area contributed by atoms with Crippen molar-refractivity contribution in [2.75, 3.05) is 39.1 Å². The van der Waals surface area contributed by atoms with E-state index in [0.29, 0.717) is 57.9 Å². The Hall–Kier alpha value is -8.93. The third kappa shape index (κ3) is 16.0. The van der Waals surface area contributed by atoms with Crippen LogP contribution in [0.2, 0.25) is 0 Å². The highest BCUT2D eigenvalue weighted by molar-refractivity contribution is 6.01. The summed E-state index contributed by atoms with van der Waals surface area (Å²) in [6.45, 7) is 15.5. The lowest BCUT2D eigenvalue weighted by Gasteiger charge is -2.67. The number of halogens is 3. The number of nitrogens with two attached hydrogens (primary N) is 1. The van der Waals surface area contributed by atoms with Crippen molar-refractivity contribution in [1.29, 1.82) is 0 Å². The molecule has 10 rings (SSSR count). The number of ketones is 2. The molecule has 7 N–H and O–H groups in total. The number of rotatable bonds is 21. The summed E-state index contributed by atoms with van der Waals surface area (Å²) in [5, 5.41) is 48.6. The number of fused-ring (bicyclic) bond motifs is 6. The number of alkyl carbamates (subject to hydrolysis) is 1. The van der Waals surface area contributed by atoms with Gasteiger partial charge in [0.25, 0.3) is 5.91 Å². The number of carbonyl (C=O) groups is 9. The van der Waals surface area contributed by atoms with Crippen LogP contribution in [0.4, 0.5) is 33.2 Å². The van der Waals surface area contributed by atoms with Crippen LogP contribution in [0, 0.1) is 22.2 Å². The fourth-order valence-electron chi connectivity index (χ4n) is 16.2. The number of aliphatic hydroxyl groups is 3. The second-order valence-corrected chi connectivity index (χ2v) is 31.3. The smallest absolute Gasteiger partial charge is 0.435 e. The third-order valence-electron chi connectivity index (χ3n) is 21.8. The van der Waals surface area contributed by atoms with Gasteiger partial charge in [0.15, 0.2) is 22.9 Å². The Kier molecular flexibility index (Phi) is 22.6. The van der Waals surface area contributed by atoms with Crippen molar-refractivity contribution in [3.63, 3.8) is 0 Å². The maximum Gasteiger partial charge on any atom is 0.435 e. The van der Waals surface area contributed by atoms with E-state index in [4.69, 9.17) is 38.9 Å². The van der Waals surface area contributed by atoms with Gasteiger partial charge in [-0.1, -0.05) is 89.1 Å². The highest BCUT2D eigenvalue weighted by atomic mass is 19.4. The molecule has 4 aromatic rings. The van der Waals surface area contributed by atoms with E-state index < -0.39 is 165 Å². The molecule has 26 nitrogen and oxygen atoms in total. The van der Waals surface area contributed by atoms with E-state index in [-0.39, 0.29) is 83.4 Å². The molecule has 4 fully saturated rings. The summed E-state index contributed by atoms with van der Waals surface area (Å²) in [7, 11) is 3.05. The Bertz CT molecular complexity index is 4020. The van der Waals surface area contributed by atoms with Gasteiger partial charge in [-0.05, 0) is 132 Å². The van der Waals surface area contributed by atoms with Gasteiger partial charge < -0.3 is 74.6 Å². The Morgan fingerprint density at radius 3 is 2.02 bits per heavy atom. The summed E-state index contributed by atoms with van der Waals surface area (Å²) in [6, 6.07) is 18.4. The van der Waals surface area contributed by atoms with E-state index in [1.165, 1.54) is 74.9 Å². The second-order valence-electron chi connectivity index (χ2n) is 31.3. The van der Waals surface area contributed by atoms with Crippen LogP contribution in [-0.4, -0.2) is 188 Å². The van der Waals surface area contributed by atoms with Crippen molar-refractivity contribution in [2.45, 2.75) is 224 Å².